The van der Waals surface area contributed by atoms with Gasteiger partial charge in [0.1, 0.15) is 0 Å². The predicted octanol–water partition coefficient (Wildman–Crippen LogP) is 14.4. The summed E-state index contributed by atoms with van der Waals surface area (Å²) in [6, 6.07) is 24.9. The number of benzene rings is 5. The molecule has 6 fully saturated rings. The van der Waals surface area contributed by atoms with E-state index in [1.165, 1.54) is 77.0 Å². The minimum Gasteiger partial charge on any atom is -0.872 e. The number of hydrogen-bond acceptors (Lipinski definition) is 12. The number of hydrogen-bond donors (Lipinski definition) is 0. The van der Waals surface area contributed by atoms with Gasteiger partial charge in [-0.05, 0) is 162 Å². The molecule has 6 heterocycles. The Kier molecular flexibility index (Phi) is 46.0. The van der Waals surface area contributed by atoms with Crippen LogP contribution in [0.3, 0.4) is 0 Å². The average molecular weight is 1580 g/mol. The molecule has 6 aliphatic heterocycles. The van der Waals surface area contributed by atoms with E-state index in [2.05, 4.69) is 83.1 Å². The summed E-state index contributed by atoms with van der Waals surface area (Å²) in [4.78, 5) is 0. The second-order valence-electron chi connectivity index (χ2n) is 28.1. The van der Waals surface area contributed by atoms with Crippen molar-refractivity contribution in [1.29, 1.82) is 0 Å². The summed E-state index contributed by atoms with van der Waals surface area (Å²) in [6.45, 7) is 44.5. The topological polar surface area (TPSA) is 201 Å². The van der Waals surface area contributed by atoms with Crippen LogP contribution in [-0.2, 0) is 69.5 Å². The van der Waals surface area contributed by atoms with E-state index in [0.29, 0.717) is 35.1 Å². The maximum atomic E-state index is 12.9. The summed E-state index contributed by atoms with van der Waals surface area (Å²) in [7, 11) is 0. The molecule has 1 N–H and O–H groups in total. The molecule has 91 heavy (non-hydrogen) atoms. The van der Waals surface area contributed by atoms with E-state index in [-0.39, 0.29) is 151 Å². The number of rotatable bonds is 5. The van der Waals surface area contributed by atoms with Crippen LogP contribution in [0.25, 0.3) is 0 Å². The van der Waals surface area contributed by atoms with E-state index in [9.17, 15) is 25.5 Å². The zero-order valence-corrected chi connectivity index (χ0v) is 62.0. The molecule has 5 aromatic rings. The van der Waals surface area contributed by atoms with Crippen molar-refractivity contribution in [3.8, 4) is 23.0 Å². The van der Waals surface area contributed by atoms with Crippen LogP contribution in [0.1, 0.15) is 232 Å². The molecule has 0 aromatic heterocycles. The van der Waals surface area contributed by atoms with E-state index in [4.69, 9.17) is 28.4 Å². The van der Waals surface area contributed by atoms with E-state index < -0.39 is 0 Å². The van der Waals surface area contributed by atoms with Crippen molar-refractivity contribution in [2.24, 2.45) is 0 Å². The average Bonchev–Trinajstić information content (AvgIpc) is 1.83. The summed E-state index contributed by atoms with van der Waals surface area (Å²) < 4.78 is 29.7. The summed E-state index contributed by atoms with van der Waals surface area (Å²) >= 11 is 0. The van der Waals surface area contributed by atoms with Crippen molar-refractivity contribution >= 4 is 0 Å². The second-order valence-corrected chi connectivity index (χ2v) is 28.1. The number of ether oxygens (including phenoxy) is 6. The normalized spacial score (nSPS) is 15.6. The van der Waals surface area contributed by atoms with Crippen LogP contribution in [-0.4, -0.2) is 84.8 Å². The fraction of sp³-hybridized carbons (Fsp3) is 0.610. The third-order valence-electron chi connectivity index (χ3n) is 15.2. The second kappa shape index (κ2) is 47.1. The van der Waals surface area contributed by atoms with Gasteiger partial charge in [-0.15, -0.1) is 29.6 Å². The van der Waals surface area contributed by atoms with Gasteiger partial charge in [-0.25, -0.2) is 0 Å². The molecule has 11 rings (SSSR count). The molecule has 0 aliphatic carbocycles. The summed E-state index contributed by atoms with van der Waals surface area (Å²) in [5.74, 6) is 0.264. The SMILES string of the molecule is C1CCOC1.C1CCOC1.C1CCOC1.C1CCOC1.C1CCOC1.C1CCOC1.Cc1cc(Cc2cc(C)cc(C(C)(C)C)c2[O-])c([O-])c(C(C)(C)C)c1.Cc1cc(Cc2cc(C)cc(C(C)(C)C)c2[O-])c([O-])c(C(C)(C)C)c1.[O-]Cc1ccccc1.[OH-].[Yb+3].[Yb+3]. The molecule has 5 aromatic carbocycles. The fourth-order valence-corrected chi connectivity index (χ4v) is 10.2. The van der Waals surface area contributed by atoms with Gasteiger partial charge in [-0.3, -0.25) is 0 Å². The largest absolute Gasteiger partial charge is 3.00 e. The van der Waals surface area contributed by atoms with Gasteiger partial charge < -0.3 is 59.4 Å². The maximum absolute atomic E-state index is 12.9. The Hall–Kier alpha value is -1.98. The summed E-state index contributed by atoms with van der Waals surface area (Å²) in [6.07, 6.45) is 16.1. The van der Waals surface area contributed by atoms with Crippen LogP contribution in [0.2, 0.25) is 0 Å². The zero-order valence-electron chi connectivity index (χ0n) is 58.6. The van der Waals surface area contributed by atoms with E-state index in [1.807, 2.05) is 107 Å². The van der Waals surface area contributed by atoms with Crippen LogP contribution in [0.15, 0.2) is 78.9 Å². The van der Waals surface area contributed by atoms with Crippen LogP contribution < -0.4 is 25.5 Å². The third-order valence-corrected chi connectivity index (χ3v) is 15.2. The summed E-state index contributed by atoms with van der Waals surface area (Å²) in [5.41, 5.74) is 10.4. The summed E-state index contributed by atoms with van der Waals surface area (Å²) in [5, 5.41) is 61.9. The molecule has 6 aliphatic rings. The van der Waals surface area contributed by atoms with Crippen LogP contribution in [0.4, 0.5) is 0 Å². The van der Waals surface area contributed by atoms with Crippen molar-refractivity contribution in [2.75, 3.05) is 79.3 Å². The molecule has 0 saturated carbocycles. The van der Waals surface area contributed by atoms with E-state index in [1.54, 1.807) is 0 Å². The Balaban J connectivity index is 0.00000111. The van der Waals surface area contributed by atoms with E-state index >= 15 is 0 Å². The Morgan fingerprint density at radius 3 is 0.604 bits per heavy atom. The molecule has 0 unspecified atom stereocenters. The van der Waals surface area contributed by atoms with Gasteiger partial charge in [-0.2, -0.15) is 0 Å². The molecular formula is C77H116O12Yb2. The molecule has 12 nitrogen and oxygen atoms in total. The predicted molar refractivity (Wildman–Crippen MR) is 355 cm³/mol. The molecule has 0 amide bonds. The van der Waals surface area contributed by atoms with Gasteiger partial charge in [0.15, 0.2) is 0 Å². The molecular weight excluding hydrogens is 1460 g/mol. The minimum atomic E-state index is -0.207. The molecule has 0 atom stereocenters. The fourth-order valence-electron chi connectivity index (χ4n) is 10.2. The first-order valence-electron chi connectivity index (χ1n) is 32.9. The van der Waals surface area contributed by atoms with Gasteiger partial charge in [0.05, 0.1) is 0 Å². The van der Waals surface area contributed by atoms with Gasteiger partial charge in [0.25, 0.3) is 0 Å². The molecule has 524 valence electrons. The Morgan fingerprint density at radius 2 is 0.484 bits per heavy atom. The first-order valence-corrected chi connectivity index (χ1v) is 32.9. The first-order chi connectivity index (χ1) is 41.5. The molecule has 2 radical (unpaired) electrons. The monoisotopic (exact) mass is 1580 g/mol. The molecule has 14 heteroatoms. The Labute approximate surface area is 628 Å². The Bertz CT molecular complexity index is 2320. The number of aryl methyl sites for hydroxylation is 4. The molecule has 0 bridgehead atoms. The smallest absolute Gasteiger partial charge is 0.872 e. The standard InChI is InChI=1S/2C23H32O2.C7H7O.6C4H8O.H2O.2Yb/c2*1-14-9-16(20(24)18(11-14)22(3,4)5)13-17-10-15(2)12-19(21(17)25)23(6,7)8;8-6-7-4-2-1-3-5-7;6*1-2-4-5-3-1;;;/h2*9-12,24-25H,13H2,1-8H3;1-5H,6H2;6*1-4H2;1H2;;/q;;-1;;;;;;;;2*+3/p-5. The van der Waals surface area contributed by atoms with Crippen LogP contribution >= 0.6 is 0 Å². The van der Waals surface area contributed by atoms with Crippen LogP contribution in [0, 0.1) is 122 Å². The molecule has 0 spiro atoms. The minimum absolute atomic E-state index is 0. The van der Waals surface area contributed by atoms with E-state index in [0.717, 1.165) is 129 Å². The van der Waals surface area contributed by atoms with Crippen molar-refractivity contribution in [3.05, 3.63) is 151 Å². The van der Waals surface area contributed by atoms with Crippen molar-refractivity contribution in [1.82, 2.24) is 0 Å². The third kappa shape index (κ3) is 36.3. The van der Waals surface area contributed by atoms with Gasteiger partial charge in [-0.1, -0.05) is 212 Å². The quantitative estimate of drug-likeness (QED) is 0.161. The van der Waals surface area contributed by atoms with Crippen LogP contribution in [0.5, 0.6) is 23.0 Å². The van der Waals surface area contributed by atoms with Crippen molar-refractivity contribution in [2.45, 2.75) is 229 Å². The van der Waals surface area contributed by atoms with Crippen molar-refractivity contribution in [3.63, 3.8) is 0 Å². The maximum Gasteiger partial charge on any atom is 3.00 e. The molecule has 6 saturated heterocycles. The van der Waals surface area contributed by atoms with Gasteiger partial charge >= 0.3 is 93.8 Å². The zero-order chi connectivity index (χ0) is 65.3. The van der Waals surface area contributed by atoms with Gasteiger partial charge in [0.2, 0.25) is 0 Å². The van der Waals surface area contributed by atoms with Crippen molar-refractivity contribution < 1.29 is 153 Å². The first kappa shape index (κ1) is 89.0. The van der Waals surface area contributed by atoms with Gasteiger partial charge in [0, 0.05) is 79.3 Å². The Morgan fingerprint density at radius 1 is 0.308 bits per heavy atom.